The van der Waals surface area contributed by atoms with Gasteiger partial charge in [-0.3, -0.25) is 0 Å². The molecular weight excluding hydrogens is 248 g/mol. The number of aromatic nitrogens is 1. The van der Waals surface area contributed by atoms with Crippen LogP contribution in [0.5, 0.6) is 0 Å². The number of hydrogen-bond donors (Lipinski definition) is 1. The van der Waals surface area contributed by atoms with Gasteiger partial charge in [-0.15, -0.1) is 0 Å². The Balaban J connectivity index is 1.86. The predicted molar refractivity (Wildman–Crippen MR) is 85.3 cm³/mol. The highest BCUT2D eigenvalue weighted by molar-refractivity contribution is 5.40. The molecule has 4 nitrogen and oxygen atoms in total. The predicted octanol–water partition coefficient (Wildman–Crippen LogP) is 2.03. The van der Waals surface area contributed by atoms with Gasteiger partial charge in [0.15, 0.2) is 0 Å². The van der Waals surface area contributed by atoms with Gasteiger partial charge in [0, 0.05) is 31.9 Å². The summed E-state index contributed by atoms with van der Waals surface area (Å²) in [4.78, 5) is 9.21. The number of nitrogens with zero attached hydrogens (tertiary/aromatic N) is 3. The molecule has 0 atom stereocenters. The number of hydrogen-bond acceptors (Lipinski definition) is 4. The molecule has 1 aromatic rings. The first-order valence-electron chi connectivity index (χ1n) is 7.62. The van der Waals surface area contributed by atoms with E-state index in [1.807, 2.05) is 0 Å². The number of anilines is 1. The van der Waals surface area contributed by atoms with E-state index in [-0.39, 0.29) is 0 Å². The molecule has 0 aliphatic heterocycles. The molecule has 1 N–H and O–H groups in total. The number of pyridine rings is 1. The van der Waals surface area contributed by atoms with Crippen LogP contribution in [-0.4, -0.2) is 50.2 Å². The largest absolute Gasteiger partial charge is 0.360 e. The van der Waals surface area contributed by atoms with Crippen LogP contribution in [0.1, 0.15) is 30.5 Å². The van der Waals surface area contributed by atoms with Crippen molar-refractivity contribution in [2.75, 3.05) is 39.1 Å². The van der Waals surface area contributed by atoms with E-state index < -0.39 is 0 Å². The van der Waals surface area contributed by atoms with Crippen molar-refractivity contribution < 1.29 is 0 Å². The molecule has 1 saturated carbocycles. The summed E-state index contributed by atoms with van der Waals surface area (Å²) in [6, 6.07) is 5.12. The van der Waals surface area contributed by atoms with Crippen molar-refractivity contribution >= 4 is 5.82 Å². The minimum atomic E-state index is 0.753. The van der Waals surface area contributed by atoms with E-state index >= 15 is 0 Å². The van der Waals surface area contributed by atoms with Crippen LogP contribution in [0.4, 0.5) is 5.82 Å². The van der Waals surface area contributed by atoms with Crippen molar-refractivity contribution in [1.82, 2.24) is 15.2 Å². The molecule has 0 radical (unpaired) electrons. The van der Waals surface area contributed by atoms with Crippen LogP contribution in [0.15, 0.2) is 12.1 Å². The van der Waals surface area contributed by atoms with Crippen LogP contribution >= 0.6 is 0 Å². The van der Waals surface area contributed by atoms with Gasteiger partial charge in [0.1, 0.15) is 5.82 Å². The third-order valence-corrected chi connectivity index (χ3v) is 3.83. The summed E-state index contributed by atoms with van der Waals surface area (Å²) in [7, 11) is 6.35. The SMILES string of the molecule is Cc1nc(N(C)CCCN(C)C)ccc1CNC1CC1. The molecule has 1 aromatic heterocycles. The minimum Gasteiger partial charge on any atom is -0.360 e. The zero-order chi connectivity index (χ0) is 14.5. The molecule has 4 heteroatoms. The summed E-state index contributed by atoms with van der Waals surface area (Å²) in [5, 5.41) is 3.55. The van der Waals surface area contributed by atoms with Crippen molar-refractivity contribution in [2.45, 2.75) is 38.8 Å². The molecule has 0 amide bonds. The normalized spacial score (nSPS) is 14.8. The van der Waals surface area contributed by atoms with E-state index in [4.69, 9.17) is 4.98 Å². The summed E-state index contributed by atoms with van der Waals surface area (Å²) in [5.74, 6) is 1.08. The standard InChI is InChI=1S/C16H28N4/c1-13-14(12-17-15-7-8-15)6-9-16(18-13)20(4)11-5-10-19(2)3/h6,9,15,17H,5,7-8,10-12H2,1-4H3. The summed E-state index contributed by atoms with van der Waals surface area (Å²) in [6.45, 7) is 5.23. The Kier molecular flexibility index (Phi) is 5.38. The van der Waals surface area contributed by atoms with Crippen LogP contribution in [0, 0.1) is 6.92 Å². The number of nitrogens with one attached hydrogen (secondary N) is 1. The molecule has 0 unspecified atom stereocenters. The highest BCUT2D eigenvalue weighted by Crippen LogP contribution is 2.20. The molecule has 1 heterocycles. The molecule has 0 spiro atoms. The lowest BCUT2D eigenvalue weighted by Crippen LogP contribution is -2.24. The topological polar surface area (TPSA) is 31.4 Å². The second kappa shape index (κ2) is 7.04. The van der Waals surface area contributed by atoms with Gasteiger partial charge < -0.3 is 15.1 Å². The first kappa shape index (κ1) is 15.3. The smallest absolute Gasteiger partial charge is 0.128 e. The third kappa shape index (κ3) is 4.76. The van der Waals surface area contributed by atoms with Gasteiger partial charge in [-0.1, -0.05) is 6.07 Å². The van der Waals surface area contributed by atoms with Gasteiger partial charge in [0.2, 0.25) is 0 Å². The molecule has 0 saturated heterocycles. The van der Waals surface area contributed by atoms with Crippen molar-refractivity contribution in [3.8, 4) is 0 Å². The van der Waals surface area contributed by atoms with Gasteiger partial charge in [-0.2, -0.15) is 0 Å². The molecule has 1 aliphatic rings. The summed E-state index contributed by atoms with van der Waals surface area (Å²) in [5.41, 5.74) is 2.47. The van der Waals surface area contributed by atoms with Gasteiger partial charge in [-0.25, -0.2) is 4.98 Å². The monoisotopic (exact) mass is 276 g/mol. The Morgan fingerprint density at radius 2 is 1.95 bits per heavy atom. The van der Waals surface area contributed by atoms with Crippen LogP contribution in [0.2, 0.25) is 0 Å². The van der Waals surface area contributed by atoms with E-state index in [0.29, 0.717) is 0 Å². The minimum absolute atomic E-state index is 0.753. The Morgan fingerprint density at radius 3 is 2.55 bits per heavy atom. The molecular formula is C16H28N4. The number of rotatable bonds is 8. The molecule has 2 rings (SSSR count). The zero-order valence-electron chi connectivity index (χ0n) is 13.3. The fraction of sp³-hybridized carbons (Fsp3) is 0.688. The zero-order valence-corrected chi connectivity index (χ0v) is 13.3. The van der Waals surface area contributed by atoms with E-state index in [1.165, 1.54) is 18.4 Å². The van der Waals surface area contributed by atoms with E-state index in [2.05, 4.69) is 55.3 Å². The second-order valence-electron chi connectivity index (χ2n) is 6.15. The lowest BCUT2D eigenvalue weighted by atomic mass is 10.2. The van der Waals surface area contributed by atoms with Crippen molar-refractivity contribution in [3.05, 3.63) is 23.4 Å². The van der Waals surface area contributed by atoms with E-state index in [1.54, 1.807) is 0 Å². The maximum absolute atomic E-state index is 4.74. The fourth-order valence-corrected chi connectivity index (χ4v) is 2.26. The van der Waals surface area contributed by atoms with Gasteiger partial charge in [-0.05, 0) is 58.5 Å². The van der Waals surface area contributed by atoms with Crippen molar-refractivity contribution in [1.29, 1.82) is 0 Å². The second-order valence-corrected chi connectivity index (χ2v) is 6.15. The van der Waals surface area contributed by atoms with Crippen LogP contribution in [0.3, 0.4) is 0 Å². The molecule has 1 aliphatic carbocycles. The highest BCUT2D eigenvalue weighted by atomic mass is 15.2. The summed E-state index contributed by atoms with van der Waals surface area (Å²) >= 11 is 0. The van der Waals surface area contributed by atoms with Gasteiger partial charge in [0.05, 0.1) is 0 Å². The molecule has 112 valence electrons. The van der Waals surface area contributed by atoms with E-state index in [9.17, 15) is 0 Å². The van der Waals surface area contributed by atoms with Crippen LogP contribution in [-0.2, 0) is 6.54 Å². The Bertz CT molecular complexity index is 426. The van der Waals surface area contributed by atoms with Crippen LogP contribution in [0.25, 0.3) is 0 Å². The molecule has 20 heavy (non-hydrogen) atoms. The Labute approximate surface area is 123 Å². The molecule has 0 bridgehead atoms. The van der Waals surface area contributed by atoms with Crippen molar-refractivity contribution in [3.63, 3.8) is 0 Å². The fourth-order valence-electron chi connectivity index (χ4n) is 2.26. The van der Waals surface area contributed by atoms with Gasteiger partial charge >= 0.3 is 0 Å². The lowest BCUT2D eigenvalue weighted by Gasteiger charge is -2.20. The average molecular weight is 276 g/mol. The number of aryl methyl sites for hydroxylation is 1. The molecule has 1 fully saturated rings. The Hall–Kier alpha value is -1.13. The average Bonchev–Trinajstić information content (AvgIpc) is 3.20. The first-order chi connectivity index (χ1) is 9.56. The molecule has 0 aromatic carbocycles. The van der Waals surface area contributed by atoms with Gasteiger partial charge in [0.25, 0.3) is 0 Å². The summed E-state index contributed by atoms with van der Waals surface area (Å²) in [6.07, 6.45) is 3.83. The maximum Gasteiger partial charge on any atom is 0.128 e. The third-order valence-electron chi connectivity index (χ3n) is 3.83. The first-order valence-corrected chi connectivity index (χ1v) is 7.62. The van der Waals surface area contributed by atoms with Crippen molar-refractivity contribution in [2.24, 2.45) is 0 Å². The summed E-state index contributed by atoms with van der Waals surface area (Å²) < 4.78 is 0. The quantitative estimate of drug-likeness (QED) is 0.787. The van der Waals surface area contributed by atoms with Crippen LogP contribution < -0.4 is 10.2 Å². The lowest BCUT2D eigenvalue weighted by molar-refractivity contribution is 0.401. The Morgan fingerprint density at radius 1 is 1.20 bits per heavy atom. The highest BCUT2D eigenvalue weighted by Gasteiger charge is 2.20. The van der Waals surface area contributed by atoms with E-state index in [0.717, 1.165) is 43.6 Å². The maximum atomic E-state index is 4.74.